The second kappa shape index (κ2) is 3.82. The molecule has 0 unspecified atom stereocenters. The van der Waals surface area contributed by atoms with E-state index in [1.807, 2.05) is 18.2 Å². The highest BCUT2D eigenvalue weighted by Crippen LogP contribution is 2.18. The number of hydrogen-bond donors (Lipinski definition) is 1. The van der Waals surface area contributed by atoms with E-state index in [0.717, 1.165) is 11.3 Å². The van der Waals surface area contributed by atoms with Gasteiger partial charge in [0.2, 0.25) is 0 Å². The van der Waals surface area contributed by atoms with Crippen LogP contribution in [0, 0.1) is 6.92 Å². The van der Waals surface area contributed by atoms with Gasteiger partial charge >= 0.3 is 0 Å². The summed E-state index contributed by atoms with van der Waals surface area (Å²) in [6, 6.07) is 8.10. The first kappa shape index (κ1) is 9.41. The molecule has 4 nitrogen and oxygen atoms in total. The van der Waals surface area contributed by atoms with Crippen LogP contribution < -0.4 is 0 Å². The fourth-order valence-electron chi connectivity index (χ4n) is 1.19. The minimum atomic E-state index is 0. The molecule has 0 fully saturated rings. The van der Waals surface area contributed by atoms with E-state index in [1.54, 1.807) is 6.20 Å². The van der Waals surface area contributed by atoms with Crippen LogP contribution in [-0.4, -0.2) is 20.9 Å². The van der Waals surface area contributed by atoms with E-state index in [-0.39, 0.29) is 5.48 Å². The van der Waals surface area contributed by atoms with E-state index in [9.17, 15) is 0 Å². The number of hydrogen-bond acceptors (Lipinski definition) is 2. The topological polar surface area (TPSA) is 73.1 Å². The molecule has 0 aliphatic carbocycles. The number of aryl methyl sites for hydroxylation is 1. The summed E-state index contributed by atoms with van der Waals surface area (Å²) in [5.74, 6) is 0. The van der Waals surface area contributed by atoms with Gasteiger partial charge in [-0.15, -0.1) is 0 Å². The van der Waals surface area contributed by atoms with Gasteiger partial charge in [-0.05, 0) is 12.5 Å². The molecule has 0 aliphatic heterocycles. The third kappa shape index (κ3) is 1.73. The first-order valence-corrected chi connectivity index (χ1v) is 3.80. The molecular weight excluding hydrogens is 166 g/mol. The van der Waals surface area contributed by atoms with E-state index in [2.05, 4.69) is 28.4 Å². The summed E-state index contributed by atoms with van der Waals surface area (Å²) in [5, 5.41) is 10.4. The molecule has 3 N–H and O–H groups in total. The monoisotopic (exact) mass is 177 g/mol. The standard InChI is InChI=1S/C9H9N3.H2O/c1-7-4-2-3-5-8(7)9-6-10-12-11-9;/h2-6H,1H3,(H,10,11,12);1H2. The van der Waals surface area contributed by atoms with Crippen molar-refractivity contribution in [1.82, 2.24) is 15.4 Å². The first-order chi connectivity index (χ1) is 5.88. The average Bonchev–Trinajstić information content (AvgIpc) is 2.57. The van der Waals surface area contributed by atoms with Gasteiger partial charge in [-0.2, -0.15) is 15.4 Å². The highest BCUT2D eigenvalue weighted by Gasteiger charge is 2.01. The van der Waals surface area contributed by atoms with Crippen LogP contribution in [0.1, 0.15) is 5.56 Å². The molecule has 1 heterocycles. The molecule has 0 radical (unpaired) electrons. The molecule has 0 atom stereocenters. The number of nitrogens with one attached hydrogen (secondary N) is 1. The van der Waals surface area contributed by atoms with Crippen LogP contribution in [-0.2, 0) is 0 Å². The SMILES string of the molecule is Cc1ccccc1-c1cn[nH]n1.O. The molecule has 0 bridgehead atoms. The lowest BCUT2D eigenvalue weighted by molar-refractivity contribution is 0.824. The van der Waals surface area contributed by atoms with Crippen molar-refractivity contribution in [1.29, 1.82) is 0 Å². The fourth-order valence-corrected chi connectivity index (χ4v) is 1.19. The van der Waals surface area contributed by atoms with E-state index >= 15 is 0 Å². The Bertz CT molecular complexity index is 370. The Hall–Kier alpha value is -1.68. The largest absolute Gasteiger partial charge is 0.412 e. The summed E-state index contributed by atoms with van der Waals surface area (Å²) in [4.78, 5) is 0. The van der Waals surface area contributed by atoms with Crippen molar-refractivity contribution >= 4 is 0 Å². The van der Waals surface area contributed by atoms with Gasteiger partial charge in [0.25, 0.3) is 0 Å². The Balaban J connectivity index is 0.000000845. The van der Waals surface area contributed by atoms with Gasteiger partial charge in [-0.1, -0.05) is 24.3 Å². The maximum absolute atomic E-state index is 4.01. The third-order valence-corrected chi connectivity index (χ3v) is 1.84. The lowest BCUT2D eigenvalue weighted by Gasteiger charge is -1.98. The minimum absolute atomic E-state index is 0. The van der Waals surface area contributed by atoms with Crippen molar-refractivity contribution in [2.24, 2.45) is 0 Å². The van der Waals surface area contributed by atoms with E-state index in [1.165, 1.54) is 5.56 Å². The van der Waals surface area contributed by atoms with Crippen molar-refractivity contribution < 1.29 is 5.48 Å². The summed E-state index contributed by atoms with van der Waals surface area (Å²) < 4.78 is 0. The van der Waals surface area contributed by atoms with E-state index in [0.29, 0.717) is 0 Å². The maximum atomic E-state index is 4.01. The third-order valence-electron chi connectivity index (χ3n) is 1.84. The van der Waals surface area contributed by atoms with Crippen molar-refractivity contribution in [2.75, 3.05) is 0 Å². The molecule has 0 saturated heterocycles. The molecule has 0 amide bonds. The molecule has 1 aromatic carbocycles. The molecule has 2 rings (SSSR count). The number of benzene rings is 1. The summed E-state index contributed by atoms with van der Waals surface area (Å²) in [6.45, 7) is 2.06. The van der Waals surface area contributed by atoms with Gasteiger partial charge in [-0.3, -0.25) is 0 Å². The molecule has 68 valence electrons. The van der Waals surface area contributed by atoms with E-state index < -0.39 is 0 Å². The van der Waals surface area contributed by atoms with Crippen molar-refractivity contribution in [3.63, 3.8) is 0 Å². The number of rotatable bonds is 1. The summed E-state index contributed by atoms with van der Waals surface area (Å²) >= 11 is 0. The summed E-state index contributed by atoms with van der Waals surface area (Å²) in [5.41, 5.74) is 3.24. The van der Waals surface area contributed by atoms with Gasteiger partial charge < -0.3 is 5.48 Å². The lowest BCUT2D eigenvalue weighted by Crippen LogP contribution is -1.81. The van der Waals surface area contributed by atoms with Crippen LogP contribution in [0.15, 0.2) is 30.5 Å². The quantitative estimate of drug-likeness (QED) is 0.704. The normalized spacial score (nSPS) is 9.31. The molecule has 0 saturated carbocycles. The number of aromatic amines is 1. The van der Waals surface area contributed by atoms with Gasteiger partial charge in [0.05, 0.1) is 6.20 Å². The molecule has 0 spiro atoms. The maximum Gasteiger partial charge on any atom is 0.113 e. The Morgan fingerprint density at radius 1 is 1.23 bits per heavy atom. The Labute approximate surface area is 75.9 Å². The van der Waals surface area contributed by atoms with Crippen LogP contribution in [0.2, 0.25) is 0 Å². The Kier molecular flexibility index (Phi) is 2.76. The predicted molar refractivity (Wildman–Crippen MR) is 50.2 cm³/mol. The second-order valence-corrected chi connectivity index (χ2v) is 2.67. The Morgan fingerprint density at radius 3 is 2.62 bits per heavy atom. The Morgan fingerprint density at radius 2 is 2.00 bits per heavy atom. The zero-order chi connectivity index (χ0) is 8.39. The van der Waals surface area contributed by atoms with Crippen molar-refractivity contribution in [3.8, 4) is 11.3 Å². The molecule has 13 heavy (non-hydrogen) atoms. The molecular formula is C9H11N3O. The van der Waals surface area contributed by atoms with Crippen molar-refractivity contribution in [2.45, 2.75) is 6.92 Å². The number of aromatic nitrogens is 3. The average molecular weight is 177 g/mol. The minimum Gasteiger partial charge on any atom is -0.412 e. The smallest absolute Gasteiger partial charge is 0.113 e. The van der Waals surface area contributed by atoms with Crippen molar-refractivity contribution in [3.05, 3.63) is 36.0 Å². The van der Waals surface area contributed by atoms with Crippen LogP contribution in [0.3, 0.4) is 0 Å². The van der Waals surface area contributed by atoms with Crippen LogP contribution >= 0.6 is 0 Å². The molecule has 2 aromatic rings. The van der Waals surface area contributed by atoms with Gasteiger partial charge in [0, 0.05) is 5.56 Å². The highest BCUT2D eigenvalue weighted by molar-refractivity contribution is 5.61. The lowest BCUT2D eigenvalue weighted by atomic mass is 10.1. The first-order valence-electron chi connectivity index (χ1n) is 3.80. The van der Waals surface area contributed by atoms with Crippen LogP contribution in [0.5, 0.6) is 0 Å². The summed E-state index contributed by atoms with van der Waals surface area (Å²) in [6.07, 6.45) is 1.72. The molecule has 0 aliphatic rings. The molecule has 1 aromatic heterocycles. The number of H-pyrrole nitrogens is 1. The number of nitrogens with zero attached hydrogens (tertiary/aromatic N) is 2. The van der Waals surface area contributed by atoms with Crippen LogP contribution in [0.4, 0.5) is 0 Å². The zero-order valence-corrected chi connectivity index (χ0v) is 7.28. The summed E-state index contributed by atoms with van der Waals surface area (Å²) in [7, 11) is 0. The van der Waals surface area contributed by atoms with Gasteiger partial charge in [0.1, 0.15) is 5.69 Å². The van der Waals surface area contributed by atoms with Crippen LogP contribution in [0.25, 0.3) is 11.3 Å². The van der Waals surface area contributed by atoms with E-state index in [4.69, 9.17) is 0 Å². The zero-order valence-electron chi connectivity index (χ0n) is 7.28. The van der Waals surface area contributed by atoms with Gasteiger partial charge in [0.15, 0.2) is 0 Å². The predicted octanol–water partition coefficient (Wildman–Crippen LogP) is 0.955. The highest BCUT2D eigenvalue weighted by atomic mass is 16.0. The molecule has 4 heteroatoms. The van der Waals surface area contributed by atoms with Gasteiger partial charge in [-0.25, -0.2) is 0 Å². The fraction of sp³-hybridized carbons (Fsp3) is 0.111. The second-order valence-electron chi connectivity index (χ2n) is 2.67.